The first-order chi connectivity index (χ1) is 7.92. The molecule has 1 heterocycles. The van der Waals surface area contributed by atoms with Crippen molar-refractivity contribution in [2.45, 2.75) is 18.6 Å². The molecule has 4 N–H and O–H groups in total. The molecule has 2 atom stereocenters. The Kier molecular flexibility index (Phi) is 6.74. The zero-order chi connectivity index (χ0) is 12.9. The Hall–Kier alpha value is -1.25. The van der Waals surface area contributed by atoms with E-state index in [1.54, 1.807) is 0 Å². The van der Waals surface area contributed by atoms with E-state index in [1.807, 2.05) is 24.3 Å². The number of ether oxygens (including phenoxy) is 1. The Morgan fingerprint density at radius 1 is 1.28 bits per heavy atom. The van der Waals surface area contributed by atoms with Crippen LogP contribution in [0, 0.1) is 0 Å². The highest BCUT2D eigenvalue weighted by Crippen LogP contribution is 2.40. The van der Waals surface area contributed by atoms with Gasteiger partial charge in [-0.15, -0.1) is 6.58 Å². The molecule has 18 heavy (non-hydrogen) atoms. The summed E-state index contributed by atoms with van der Waals surface area (Å²) in [6.07, 6.45) is 3.57. The minimum absolute atomic E-state index is 0. The number of hydrogen-bond acceptors (Lipinski definition) is 3. The molecule has 0 amide bonds. The van der Waals surface area contributed by atoms with Gasteiger partial charge in [0.1, 0.15) is 6.10 Å². The van der Waals surface area contributed by atoms with Gasteiger partial charge in [0.2, 0.25) is 0 Å². The van der Waals surface area contributed by atoms with Crippen LogP contribution in [-0.2, 0) is 15.1 Å². The van der Waals surface area contributed by atoms with Crippen molar-refractivity contribution in [2.24, 2.45) is 0 Å². The van der Waals surface area contributed by atoms with E-state index in [-0.39, 0.29) is 5.48 Å². The smallest absolute Gasteiger partial charge is 0.394 e. The Bertz CT molecular complexity index is 448. The van der Waals surface area contributed by atoms with Crippen molar-refractivity contribution in [1.29, 1.82) is 0 Å². The van der Waals surface area contributed by atoms with Crippen LogP contribution in [0.1, 0.15) is 18.1 Å². The molecule has 0 aliphatic carbocycles. The fraction of sp³-hybridized carbons (Fsp3) is 0.273. The second kappa shape index (κ2) is 7.24. The molecule has 1 aliphatic rings. The van der Waals surface area contributed by atoms with Gasteiger partial charge in [0.25, 0.3) is 0 Å². The fourth-order valence-electron chi connectivity index (χ4n) is 1.42. The number of epoxide rings is 1. The first-order valence-corrected chi connectivity index (χ1v) is 6.32. The maximum atomic E-state index is 8.74. The van der Waals surface area contributed by atoms with Gasteiger partial charge in [0.15, 0.2) is 0 Å². The van der Waals surface area contributed by atoms with Crippen LogP contribution in [0.15, 0.2) is 43.0 Å². The highest BCUT2D eigenvalue weighted by molar-refractivity contribution is 7.79. The molecular formula is C11H16O6S. The van der Waals surface area contributed by atoms with Gasteiger partial charge in [-0.1, -0.05) is 36.4 Å². The predicted molar refractivity (Wildman–Crippen MR) is 66.7 cm³/mol. The van der Waals surface area contributed by atoms with Crippen molar-refractivity contribution in [1.82, 2.24) is 0 Å². The van der Waals surface area contributed by atoms with E-state index in [9.17, 15) is 0 Å². The lowest BCUT2D eigenvalue weighted by atomic mass is 10.1. The summed E-state index contributed by atoms with van der Waals surface area (Å²) in [7, 11) is -4.67. The highest BCUT2D eigenvalue weighted by Gasteiger charge is 2.38. The van der Waals surface area contributed by atoms with Gasteiger partial charge in [-0.25, -0.2) is 0 Å². The average Bonchev–Trinajstić information content (AvgIpc) is 2.97. The van der Waals surface area contributed by atoms with E-state index in [2.05, 4.69) is 18.7 Å². The second-order valence-corrected chi connectivity index (χ2v) is 4.37. The van der Waals surface area contributed by atoms with Gasteiger partial charge >= 0.3 is 10.4 Å². The first-order valence-electron chi connectivity index (χ1n) is 4.93. The third-order valence-electron chi connectivity index (χ3n) is 2.11. The molecule has 0 bridgehead atoms. The normalized spacial score (nSPS) is 21.0. The van der Waals surface area contributed by atoms with Crippen LogP contribution < -0.4 is 0 Å². The van der Waals surface area contributed by atoms with Gasteiger partial charge in [-0.05, 0) is 12.0 Å². The summed E-state index contributed by atoms with van der Waals surface area (Å²) >= 11 is 0. The molecule has 1 saturated heterocycles. The molecule has 1 fully saturated rings. The minimum atomic E-state index is -4.67. The topological polar surface area (TPSA) is 119 Å². The van der Waals surface area contributed by atoms with E-state index >= 15 is 0 Å². The maximum Gasteiger partial charge on any atom is 0.394 e. The average molecular weight is 276 g/mol. The van der Waals surface area contributed by atoms with E-state index in [4.69, 9.17) is 22.3 Å². The lowest BCUT2D eigenvalue weighted by Gasteiger charge is -1.92. The van der Waals surface area contributed by atoms with Gasteiger partial charge < -0.3 is 10.2 Å². The van der Waals surface area contributed by atoms with Crippen molar-refractivity contribution in [3.63, 3.8) is 0 Å². The molecule has 1 aliphatic heterocycles. The predicted octanol–water partition coefficient (Wildman–Crippen LogP) is 1.23. The standard InChI is InChI=1S/C11H12O.H2O4S.H2O/c1-2-6-10-11(12-10)9-7-4-3-5-8-9;1-5(2,3)4;/h2-5,7-8,10-11H,1,6H2;(H2,1,2,3,4);1H2. The van der Waals surface area contributed by atoms with Crippen LogP contribution in [-0.4, -0.2) is 29.1 Å². The molecule has 1 aromatic carbocycles. The zero-order valence-corrected chi connectivity index (χ0v) is 10.4. The molecule has 2 unspecified atom stereocenters. The third kappa shape index (κ3) is 7.15. The number of rotatable bonds is 3. The second-order valence-electron chi connectivity index (χ2n) is 3.48. The van der Waals surface area contributed by atoms with Crippen LogP contribution in [0.2, 0.25) is 0 Å². The lowest BCUT2D eigenvalue weighted by Crippen LogP contribution is -1.89. The summed E-state index contributed by atoms with van der Waals surface area (Å²) in [5.41, 5.74) is 1.28. The quantitative estimate of drug-likeness (QED) is 0.489. The summed E-state index contributed by atoms with van der Waals surface area (Å²) in [5, 5.41) is 0. The van der Waals surface area contributed by atoms with E-state index in [1.165, 1.54) is 5.56 Å². The Morgan fingerprint density at radius 2 is 1.78 bits per heavy atom. The van der Waals surface area contributed by atoms with Gasteiger partial charge in [-0.3, -0.25) is 9.11 Å². The van der Waals surface area contributed by atoms with Crippen molar-refractivity contribution >= 4 is 10.4 Å². The molecule has 1 aromatic rings. The molecule has 6 nitrogen and oxygen atoms in total. The van der Waals surface area contributed by atoms with Gasteiger partial charge in [0, 0.05) is 0 Å². The van der Waals surface area contributed by atoms with Crippen LogP contribution in [0.5, 0.6) is 0 Å². The number of benzene rings is 1. The molecule has 7 heteroatoms. The summed E-state index contributed by atoms with van der Waals surface area (Å²) in [4.78, 5) is 0. The van der Waals surface area contributed by atoms with E-state index in [0.717, 1.165) is 6.42 Å². The van der Waals surface area contributed by atoms with Crippen molar-refractivity contribution < 1.29 is 27.7 Å². The van der Waals surface area contributed by atoms with Crippen LogP contribution in [0.25, 0.3) is 0 Å². The van der Waals surface area contributed by atoms with Crippen molar-refractivity contribution in [3.8, 4) is 0 Å². The molecule has 0 radical (unpaired) electrons. The van der Waals surface area contributed by atoms with Crippen molar-refractivity contribution in [3.05, 3.63) is 48.6 Å². The monoisotopic (exact) mass is 276 g/mol. The maximum absolute atomic E-state index is 8.74. The summed E-state index contributed by atoms with van der Waals surface area (Å²) < 4.78 is 37.1. The fourth-order valence-corrected chi connectivity index (χ4v) is 1.42. The molecule has 102 valence electrons. The molecule has 0 aromatic heterocycles. The Labute approximate surface area is 106 Å². The van der Waals surface area contributed by atoms with Gasteiger partial charge in [0.05, 0.1) is 6.10 Å². The first kappa shape index (κ1) is 16.8. The number of hydrogen-bond donors (Lipinski definition) is 2. The molecule has 2 rings (SSSR count). The summed E-state index contributed by atoms with van der Waals surface area (Å²) in [5.74, 6) is 0. The Balaban J connectivity index is 0.000000421. The zero-order valence-electron chi connectivity index (χ0n) is 9.56. The third-order valence-corrected chi connectivity index (χ3v) is 2.11. The van der Waals surface area contributed by atoms with Crippen molar-refractivity contribution in [2.75, 3.05) is 0 Å². The van der Waals surface area contributed by atoms with Crippen LogP contribution in [0.4, 0.5) is 0 Å². The summed E-state index contributed by atoms with van der Waals surface area (Å²) in [6, 6.07) is 10.3. The summed E-state index contributed by atoms with van der Waals surface area (Å²) in [6.45, 7) is 3.69. The highest BCUT2D eigenvalue weighted by atomic mass is 32.3. The van der Waals surface area contributed by atoms with Crippen LogP contribution in [0.3, 0.4) is 0 Å². The Morgan fingerprint density at radius 3 is 2.22 bits per heavy atom. The van der Waals surface area contributed by atoms with E-state index < -0.39 is 10.4 Å². The van der Waals surface area contributed by atoms with E-state index in [0.29, 0.717) is 12.2 Å². The minimum Gasteiger partial charge on any atom is -0.412 e. The molecular weight excluding hydrogens is 260 g/mol. The lowest BCUT2D eigenvalue weighted by molar-refractivity contribution is 0.374. The molecule has 0 saturated carbocycles. The largest absolute Gasteiger partial charge is 0.412 e. The van der Waals surface area contributed by atoms with Crippen LogP contribution >= 0.6 is 0 Å². The molecule has 0 spiro atoms. The van der Waals surface area contributed by atoms with Gasteiger partial charge in [-0.2, -0.15) is 8.42 Å². The SMILES string of the molecule is C=CCC1OC1c1ccccc1.O.O=S(=O)(O)O.